The Hall–Kier alpha value is -1.34. The van der Waals surface area contributed by atoms with E-state index in [1.54, 1.807) is 0 Å². The zero-order chi connectivity index (χ0) is 13.9. The van der Waals surface area contributed by atoms with Crippen LogP contribution in [0, 0.1) is 11.8 Å². The first-order valence-corrected chi connectivity index (χ1v) is 6.75. The maximum Gasteiger partial charge on any atom is 0.104 e. The normalized spacial score (nSPS) is 10.3. The van der Waals surface area contributed by atoms with Crippen molar-refractivity contribution in [1.29, 1.82) is 0 Å². The van der Waals surface area contributed by atoms with Gasteiger partial charge in [-0.1, -0.05) is 30.0 Å². The van der Waals surface area contributed by atoms with Crippen molar-refractivity contribution in [1.82, 2.24) is 4.90 Å². The second-order valence-corrected chi connectivity index (χ2v) is 4.64. The molecule has 2 N–H and O–H groups in total. The highest BCUT2D eigenvalue weighted by atomic mass is 16.3. The summed E-state index contributed by atoms with van der Waals surface area (Å²) in [5.74, 6) is 5.68. The summed E-state index contributed by atoms with van der Waals surface area (Å²) < 4.78 is 0. The summed E-state index contributed by atoms with van der Waals surface area (Å²) in [7, 11) is 2.09. The largest absolute Gasteiger partial charge is 0.396 e. The minimum atomic E-state index is -0.106. The quantitative estimate of drug-likeness (QED) is 0.579. The summed E-state index contributed by atoms with van der Waals surface area (Å²) in [6, 6.07) is 8.04. The van der Waals surface area contributed by atoms with Crippen LogP contribution >= 0.6 is 0 Å². The Morgan fingerprint density at radius 1 is 1.11 bits per heavy atom. The second-order valence-electron chi connectivity index (χ2n) is 4.64. The average Bonchev–Trinajstić information content (AvgIpc) is 2.43. The van der Waals surface area contributed by atoms with E-state index in [1.165, 1.54) is 5.56 Å². The molecule has 0 atom stereocenters. The van der Waals surface area contributed by atoms with Gasteiger partial charge in [0.05, 0.1) is 0 Å². The molecule has 0 aliphatic heterocycles. The zero-order valence-electron chi connectivity index (χ0n) is 11.6. The van der Waals surface area contributed by atoms with E-state index in [0.717, 1.165) is 37.9 Å². The first kappa shape index (κ1) is 15.7. The van der Waals surface area contributed by atoms with Crippen LogP contribution in [0.1, 0.15) is 30.4 Å². The number of hydrogen-bond donors (Lipinski definition) is 2. The van der Waals surface area contributed by atoms with Crippen LogP contribution in [0.2, 0.25) is 0 Å². The maximum absolute atomic E-state index is 8.76. The summed E-state index contributed by atoms with van der Waals surface area (Å²) >= 11 is 0. The number of rotatable bonds is 7. The van der Waals surface area contributed by atoms with E-state index in [1.807, 2.05) is 18.2 Å². The minimum Gasteiger partial charge on any atom is -0.396 e. The summed E-state index contributed by atoms with van der Waals surface area (Å²) in [6.07, 6.45) is 3.04. The molecule has 19 heavy (non-hydrogen) atoms. The van der Waals surface area contributed by atoms with Crippen LogP contribution in [-0.4, -0.2) is 41.9 Å². The Balaban J connectivity index is 2.51. The minimum absolute atomic E-state index is 0.106. The van der Waals surface area contributed by atoms with Gasteiger partial charge in [-0.05, 0) is 44.5 Å². The number of aliphatic hydroxyl groups is 2. The van der Waals surface area contributed by atoms with Crippen molar-refractivity contribution >= 4 is 0 Å². The van der Waals surface area contributed by atoms with E-state index >= 15 is 0 Å². The lowest BCUT2D eigenvalue weighted by atomic mass is 10.1. The highest BCUT2D eigenvalue weighted by Crippen LogP contribution is 2.10. The van der Waals surface area contributed by atoms with Gasteiger partial charge in [-0.2, -0.15) is 0 Å². The molecule has 1 aromatic rings. The number of benzene rings is 1. The second kappa shape index (κ2) is 9.57. The van der Waals surface area contributed by atoms with Crippen molar-refractivity contribution in [2.75, 3.05) is 26.8 Å². The van der Waals surface area contributed by atoms with Crippen LogP contribution in [0.4, 0.5) is 0 Å². The monoisotopic (exact) mass is 261 g/mol. The third-order valence-corrected chi connectivity index (χ3v) is 2.96. The predicted molar refractivity (Wildman–Crippen MR) is 77.7 cm³/mol. The number of nitrogens with zero attached hydrogens (tertiary/aromatic N) is 1. The number of unbranched alkanes of at least 4 members (excludes halogenated alkanes) is 2. The van der Waals surface area contributed by atoms with Gasteiger partial charge in [-0.3, -0.25) is 0 Å². The fourth-order valence-corrected chi connectivity index (χ4v) is 1.96. The molecule has 3 heteroatoms. The summed E-state index contributed by atoms with van der Waals surface area (Å²) in [6.45, 7) is 2.05. The molecule has 0 saturated heterocycles. The first-order chi connectivity index (χ1) is 9.27. The van der Waals surface area contributed by atoms with Gasteiger partial charge in [0.15, 0.2) is 0 Å². The first-order valence-electron chi connectivity index (χ1n) is 6.75. The molecule has 104 valence electrons. The van der Waals surface area contributed by atoms with Crippen molar-refractivity contribution < 1.29 is 10.2 Å². The highest BCUT2D eigenvalue weighted by molar-refractivity contribution is 5.41. The molecular weight excluding hydrogens is 238 g/mol. The molecular formula is C16H23NO2. The molecule has 0 amide bonds. The van der Waals surface area contributed by atoms with E-state index in [4.69, 9.17) is 10.2 Å². The third kappa shape index (κ3) is 6.40. The van der Waals surface area contributed by atoms with Crippen molar-refractivity contribution in [3.63, 3.8) is 0 Å². The standard InChI is InChI=1S/C16H23NO2/c1-17(11-5-2-6-12-18)14-16-9-4-3-8-15(16)10-7-13-19/h3-4,8-9,18-19H,2,5-6,11-14H2,1H3. The molecule has 0 aromatic heterocycles. The molecule has 0 bridgehead atoms. The van der Waals surface area contributed by atoms with Gasteiger partial charge in [0.1, 0.15) is 6.61 Å². The molecule has 0 unspecified atom stereocenters. The van der Waals surface area contributed by atoms with E-state index in [0.29, 0.717) is 0 Å². The molecule has 3 nitrogen and oxygen atoms in total. The van der Waals surface area contributed by atoms with Gasteiger partial charge in [0.2, 0.25) is 0 Å². The number of aliphatic hydroxyl groups excluding tert-OH is 2. The number of hydrogen-bond acceptors (Lipinski definition) is 3. The molecule has 0 fully saturated rings. The predicted octanol–water partition coefficient (Wildman–Crippen LogP) is 1.62. The Labute approximate surface area is 115 Å². The van der Waals surface area contributed by atoms with Crippen LogP contribution < -0.4 is 0 Å². The van der Waals surface area contributed by atoms with Crippen molar-refractivity contribution in [2.24, 2.45) is 0 Å². The fourth-order valence-electron chi connectivity index (χ4n) is 1.96. The van der Waals surface area contributed by atoms with Crippen LogP contribution in [-0.2, 0) is 6.54 Å². The molecule has 1 aromatic carbocycles. The Bertz CT molecular complexity index is 420. The van der Waals surface area contributed by atoms with Crippen molar-refractivity contribution in [2.45, 2.75) is 25.8 Å². The molecule has 0 heterocycles. The van der Waals surface area contributed by atoms with Gasteiger partial charge in [0, 0.05) is 18.7 Å². The van der Waals surface area contributed by atoms with Gasteiger partial charge < -0.3 is 15.1 Å². The topological polar surface area (TPSA) is 43.7 Å². The fraction of sp³-hybridized carbons (Fsp3) is 0.500. The Morgan fingerprint density at radius 3 is 2.63 bits per heavy atom. The van der Waals surface area contributed by atoms with E-state index < -0.39 is 0 Å². The lowest BCUT2D eigenvalue weighted by Gasteiger charge is -2.17. The molecule has 0 aliphatic carbocycles. The molecule has 0 saturated carbocycles. The van der Waals surface area contributed by atoms with Crippen molar-refractivity contribution in [3.8, 4) is 11.8 Å². The van der Waals surface area contributed by atoms with Gasteiger partial charge in [-0.15, -0.1) is 0 Å². The molecule has 1 rings (SSSR count). The molecule has 0 aliphatic rings. The summed E-state index contributed by atoms with van der Waals surface area (Å²) in [4.78, 5) is 2.26. The van der Waals surface area contributed by atoms with Crippen molar-refractivity contribution in [3.05, 3.63) is 35.4 Å². The van der Waals surface area contributed by atoms with E-state index in [9.17, 15) is 0 Å². The Morgan fingerprint density at radius 2 is 1.89 bits per heavy atom. The van der Waals surface area contributed by atoms with Gasteiger partial charge >= 0.3 is 0 Å². The van der Waals surface area contributed by atoms with Crippen LogP contribution in [0.25, 0.3) is 0 Å². The van der Waals surface area contributed by atoms with Gasteiger partial charge in [-0.25, -0.2) is 0 Å². The van der Waals surface area contributed by atoms with Crippen LogP contribution in [0.5, 0.6) is 0 Å². The molecule has 0 spiro atoms. The van der Waals surface area contributed by atoms with Gasteiger partial charge in [0.25, 0.3) is 0 Å². The smallest absolute Gasteiger partial charge is 0.104 e. The maximum atomic E-state index is 8.76. The van der Waals surface area contributed by atoms with E-state index in [-0.39, 0.29) is 13.2 Å². The highest BCUT2D eigenvalue weighted by Gasteiger charge is 2.03. The average molecular weight is 261 g/mol. The summed E-state index contributed by atoms with van der Waals surface area (Å²) in [5.41, 5.74) is 2.17. The lowest BCUT2D eigenvalue weighted by molar-refractivity contribution is 0.271. The SMILES string of the molecule is CN(CCCCCO)Cc1ccccc1C#CCO. The lowest BCUT2D eigenvalue weighted by Crippen LogP contribution is -2.19. The zero-order valence-corrected chi connectivity index (χ0v) is 11.6. The summed E-state index contributed by atoms with van der Waals surface area (Å²) in [5, 5.41) is 17.5. The van der Waals surface area contributed by atoms with Crippen LogP contribution in [0.15, 0.2) is 24.3 Å². The Kier molecular flexibility index (Phi) is 7.92. The molecule has 0 radical (unpaired) electrons. The third-order valence-electron chi connectivity index (χ3n) is 2.96. The van der Waals surface area contributed by atoms with E-state index in [2.05, 4.69) is 29.9 Å². The van der Waals surface area contributed by atoms with Crippen LogP contribution in [0.3, 0.4) is 0 Å².